The topological polar surface area (TPSA) is 60.0 Å². The molecule has 0 saturated carbocycles. The molecular formula is C27H29FN2O4. The number of anilines is 2. The Kier molecular flexibility index (Phi) is 7.99. The van der Waals surface area contributed by atoms with Crippen LogP contribution in [-0.4, -0.2) is 32.9 Å². The van der Waals surface area contributed by atoms with Gasteiger partial charge in [-0.05, 0) is 60.7 Å². The molecule has 0 fully saturated rings. The minimum Gasteiger partial charge on any atom is -0.489 e. The van der Waals surface area contributed by atoms with Gasteiger partial charge in [-0.2, -0.15) is 0 Å². The first-order valence-corrected chi connectivity index (χ1v) is 11.4. The molecule has 178 valence electrons. The van der Waals surface area contributed by atoms with E-state index in [0.29, 0.717) is 12.4 Å². The number of ether oxygens (including phenoxy) is 3. The second-order valence-corrected chi connectivity index (χ2v) is 8.18. The SMILES string of the molecule is COCOc1ccc(NC(=O)CN2CCCCc3cc(OCc4ccccc4)ccc32)c(F)c1. The van der Waals surface area contributed by atoms with Crippen molar-refractivity contribution in [3.63, 3.8) is 0 Å². The third-order valence-electron chi connectivity index (χ3n) is 5.66. The maximum Gasteiger partial charge on any atom is 0.243 e. The third-order valence-corrected chi connectivity index (χ3v) is 5.66. The number of fused-ring (bicyclic) bond motifs is 1. The molecule has 0 aliphatic carbocycles. The van der Waals surface area contributed by atoms with Crippen LogP contribution in [0.3, 0.4) is 0 Å². The van der Waals surface area contributed by atoms with Gasteiger partial charge in [0.15, 0.2) is 6.79 Å². The van der Waals surface area contributed by atoms with Crippen LogP contribution in [0.2, 0.25) is 0 Å². The Balaban J connectivity index is 1.40. The lowest BCUT2D eigenvalue weighted by atomic mass is 10.1. The van der Waals surface area contributed by atoms with E-state index in [2.05, 4.69) is 11.4 Å². The summed E-state index contributed by atoms with van der Waals surface area (Å²) in [4.78, 5) is 14.8. The number of nitrogens with one attached hydrogen (secondary N) is 1. The lowest BCUT2D eigenvalue weighted by Crippen LogP contribution is -2.34. The number of rotatable bonds is 9. The van der Waals surface area contributed by atoms with E-state index in [-0.39, 0.29) is 24.9 Å². The number of methoxy groups -OCH3 is 1. The van der Waals surface area contributed by atoms with E-state index >= 15 is 0 Å². The maximum atomic E-state index is 14.4. The molecule has 1 N–H and O–H groups in total. The van der Waals surface area contributed by atoms with Crippen LogP contribution < -0.4 is 19.7 Å². The Bertz CT molecular complexity index is 1110. The van der Waals surface area contributed by atoms with Crippen molar-refractivity contribution in [2.24, 2.45) is 0 Å². The highest BCUT2D eigenvalue weighted by atomic mass is 19.1. The number of aryl methyl sites for hydroxylation is 1. The van der Waals surface area contributed by atoms with Crippen LogP contribution in [0, 0.1) is 5.82 Å². The van der Waals surface area contributed by atoms with Gasteiger partial charge in [0, 0.05) is 25.4 Å². The molecule has 1 amide bonds. The predicted molar refractivity (Wildman–Crippen MR) is 130 cm³/mol. The minimum absolute atomic E-state index is 0.0263. The molecule has 1 aliphatic rings. The molecule has 6 nitrogen and oxygen atoms in total. The first kappa shape index (κ1) is 23.6. The van der Waals surface area contributed by atoms with Crippen LogP contribution in [0.1, 0.15) is 24.0 Å². The first-order valence-electron chi connectivity index (χ1n) is 11.4. The molecule has 1 heterocycles. The van der Waals surface area contributed by atoms with Gasteiger partial charge in [-0.15, -0.1) is 0 Å². The van der Waals surface area contributed by atoms with Crippen molar-refractivity contribution in [1.82, 2.24) is 0 Å². The Morgan fingerprint density at radius 1 is 1.00 bits per heavy atom. The summed E-state index contributed by atoms with van der Waals surface area (Å²) in [6.45, 7) is 1.43. The second-order valence-electron chi connectivity index (χ2n) is 8.18. The third kappa shape index (κ3) is 6.26. The summed E-state index contributed by atoms with van der Waals surface area (Å²) < 4.78 is 30.4. The molecule has 7 heteroatoms. The molecule has 1 aliphatic heterocycles. The highest BCUT2D eigenvalue weighted by Crippen LogP contribution is 2.30. The summed E-state index contributed by atoms with van der Waals surface area (Å²) in [5, 5.41) is 2.67. The second kappa shape index (κ2) is 11.5. The van der Waals surface area contributed by atoms with Gasteiger partial charge in [0.2, 0.25) is 5.91 Å². The fourth-order valence-corrected chi connectivity index (χ4v) is 3.98. The van der Waals surface area contributed by atoms with Crippen LogP contribution in [0.25, 0.3) is 0 Å². The van der Waals surface area contributed by atoms with Crippen LogP contribution in [-0.2, 0) is 22.6 Å². The fraction of sp³-hybridized carbons (Fsp3) is 0.296. The number of hydrogen-bond acceptors (Lipinski definition) is 5. The van der Waals surface area contributed by atoms with Gasteiger partial charge in [-0.3, -0.25) is 4.79 Å². The molecule has 0 spiro atoms. The van der Waals surface area contributed by atoms with E-state index in [4.69, 9.17) is 14.2 Å². The van der Waals surface area contributed by atoms with E-state index in [1.165, 1.54) is 19.2 Å². The van der Waals surface area contributed by atoms with Gasteiger partial charge in [-0.25, -0.2) is 4.39 Å². The number of carbonyl (C=O) groups is 1. The number of amides is 1. The predicted octanol–water partition coefficient (Wildman–Crippen LogP) is 5.17. The average Bonchev–Trinajstić information content (AvgIpc) is 3.05. The van der Waals surface area contributed by atoms with Crippen LogP contribution in [0.15, 0.2) is 66.7 Å². The number of halogens is 1. The lowest BCUT2D eigenvalue weighted by molar-refractivity contribution is -0.115. The highest BCUT2D eigenvalue weighted by Gasteiger charge is 2.19. The molecular weight excluding hydrogens is 435 g/mol. The molecule has 0 bridgehead atoms. The van der Waals surface area contributed by atoms with E-state index in [1.807, 2.05) is 47.4 Å². The number of benzene rings is 3. The van der Waals surface area contributed by atoms with Gasteiger partial charge in [-0.1, -0.05) is 30.3 Å². The Labute approximate surface area is 199 Å². The first-order chi connectivity index (χ1) is 16.6. The molecule has 0 saturated heterocycles. The zero-order valence-corrected chi connectivity index (χ0v) is 19.3. The van der Waals surface area contributed by atoms with Gasteiger partial charge < -0.3 is 24.4 Å². The molecule has 0 unspecified atom stereocenters. The Hall–Kier alpha value is -3.58. The van der Waals surface area contributed by atoms with Crippen LogP contribution in [0.5, 0.6) is 11.5 Å². The summed E-state index contributed by atoms with van der Waals surface area (Å²) in [6, 6.07) is 20.4. The molecule has 3 aromatic carbocycles. The largest absolute Gasteiger partial charge is 0.489 e. The summed E-state index contributed by atoms with van der Waals surface area (Å²) in [7, 11) is 1.49. The fourth-order valence-electron chi connectivity index (χ4n) is 3.98. The number of hydrogen-bond donors (Lipinski definition) is 1. The smallest absolute Gasteiger partial charge is 0.243 e. The van der Waals surface area contributed by atoms with E-state index in [9.17, 15) is 9.18 Å². The van der Waals surface area contributed by atoms with Crippen molar-refractivity contribution in [2.45, 2.75) is 25.9 Å². The van der Waals surface area contributed by atoms with Crippen molar-refractivity contribution in [1.29, 1.82) is 0 Å². The maximum absolute atomic E-state index is 14.4. The number of nitrogens with zero attached hydrogens (tertiary/aromatic N) is 1. The average molecular weight is 465 g/mol. The monoisotopic (exact) mass is 464 g/mol. The van der Waals surface area contributed by atoms with Crippen molar-refractivity contribution in [3.05, 3.63) is 83.7 Å². The Morgan fingerprint density at radius 2 is 1.79 bits per heavy atom. The van der Waals surface area contributed by atoms with Gasteiger partial charge >= 0.3 is 0 Å². The quantitative estimate of drug-likeness (QED) is 0.443. The zero-order valence-electron chi connectivity index (χ0n) is 19.3. The highest BCUT2D eigenvalue weighted by molar-refractivity contribution is 5.94. The summed E-state index contributed by atoms with van der Waals surface area (Å²) in [5.41, 5.74) is 3.40. The van der Waals surface area contributed by atoms with Crippen molar-refractivity contribution < 1.29 is 23.4 Å². The summed E-state index contributed by atoms with van der Waals surface area (Å²) in [6.07, 6.45) is 2.93. The molecule has 34 heavy (non-hydrogen) atoms. The molecule has 0 aromatic heterocycles. The van der Waals surface area contributed by atoms with Crippen molar-refractivity contribution in [2.75, 3.05) is 37.2 Å². The van der Waals surface area contributed by atoms with E-state index < -0.39 is 5.82 Å². The normalized spacial score (nSPS) is 13.1. The van der Waals surface area contributed by atoms with Crippen LogP contribution in [0.4, 0.5) is 15.8 Å². The van der Waals surface area contributed by atoms with Gasteiger partial charge in [0.25, 0.3) is 0 Å². The summed E-state index contributed by atoms with van der Waals surface area (Å²) in [5.74, 6) is 0.316. The molecule has 0 atom stereocenters. The van der Waals surface area contributed by atoms with Crippen molar-refractivity contribution in [3.8, 4) is 11.5 Å². The van der Waals surface area contributed by atoms with E-state index in [1.54, 1.807) is 6.07 Å². The zero-order chi connectivity index (χ0) is 23.8. The molecule has 4 rings (SSSR count). The Morgan fingerprint density at radius 3 is 2.59 bits per heavy atom. The molecule has 3 aromatic rings. The van der Waals surface area contributed by atoms with E-state index in [0.717, 1.165) is 48.4 Å². The van der Waals surface area contributed by atoms with Crippen molar-refractivity contribution >= 4 is 17.3 Å². The lowest BCUT2D eigenvalue weighted by Gasteiger charge is -2.25. The van der Waals surface area contributed by atoms with Gasteiger partial charge in [0.05, 0.1) is 12.2 Å². The molecule has 0 radical (unpaired) electrons. The van der Waals surface area contributed by atoms with Gasteiger partial charge in [0.1, 0.15) is 23.9 Å². The van der Waals surface area contributed by atoms with Crippen LogP contribution >= 0.6 is 0 Å². The number of carbonyl (C=O) groups excluding carboxylic acids is 1. The summed E-state index contributed by atoms with van der Waals surface area (Å²) >= 11 is 0. The minimum atomic E-state index is -0.557. The standard InChI is InChI=1S/C27H29FN2O4/c1-32-19-34-23-10-12-25(24(28)16-23)29-27(31)17-30-14-6-5-9-21-15-22(11-13-26(21)30)33-18-20-7-3-2-4-8-20/h2-4,7-8,10-13,15-16H,5-6,9,14,17-19H2,1H3,(H,29,31).